The van der Waals surface area contributed by atoms with Crippen molar-refractivity contribution in [1.82, 2.24) is 5.32 Å². The molecule has 0 fully saturated rings. The quantitative estimate of drug-likeness (QED) is 0.0811. The van der Waals surface area contributed by atoms with E-state index in [9.17, 15) is 40.3 Å². The van der Waals surface area contributed by atoms with Crippen LogP contribution in [-0.2, 0) is 14.3 Å². The van der Waals surface area contributed by atoms with E-state index < -0.39 is 41.9 Å². The first kappa shape index (κ1) is 36.5. The summed E-state index contributed by atoms with van der Waals surface area (Å²) in [5.74, 6) is -17.6. The van der Waals surface area contributed by atoms with Crippen LogP contribution < -0.4 is 5.32 Å². The van der Waals surface area contributed by atoms with Gasteiger partial charge in [0.25, 0.3) is 5.91 Å². The molecule has 0 aliphatic carbocycles. The number of ether oxygens (including phenoxy) is 1. The van der Waals surface area contributed by atoms with Gasteiger partial charge in [-0.1, -0.05) is 117 Å². The minimum Gasteiger partial charge on any atom is -0.464 e. The van der Waals surface area contributed by atoms with Gasteiger partial charge in [0.2, 0.25) is 0 Å². The predicted octanol–water partition coefficient (Wildman–Crippen LogP) is 8.76. The van der Waals surface area contributed by atoms with Gasteiger partial charge >= 0.3 is 24.0 Å². The van der Waals surface area contributed by atoms with Gasteiger partial charge in [-0.25, -0.2) is 4.79 Å². The molecule has 11 heteroatoms. The molecule has 0 spiro atoms. The number of hydrogen-bond donors (Lipinski definition) is 1. The maximum Gasteiger partial charge on any atom is 0.460 e. The Labute approximate surface area is 222 Å². The lowest BCUT2D eigenvalue weighted by atomic mass is 10.0. The third-order valence-electron chi connectivity index (χ3n) is 6.48. The highest BCUT2D eigenvalue weighted by Crippen LogP contribution is 2.46. The number of unbranched alkanes of at least 4 members (excludes halogenated alkanes) is 15. The highest BCUT2D eigenvalue weighted by atomic mass is 19.4. The van der Waals surface area contributed by atoms with E-state index in [2.05, 4.69) is 6.92 Å². The molecule has 0 aromatic heterocycles. The largest absolute Gasteiger partial charge is 0.464 e. The van der Waals surface area contributed by atoms with Gasteiger partial charge in [0.15, 0.2) is 0 Å². The smallest absolute Gasteiger partial charge is 0.460 e. The van der Waals surface area contributed by atoms with Crippen LogP contribution in [-0.4, -0.2) is 42.5 Å². The fourth-order valence-electron chi connectivity index (χ4n) is 3.96. The Bertz CT molecular complexity index is 655. The Balaban J connectivity index is 4.07. The SMILES string of the molecule is CCCCCCCCCCCCCCCCCCOC(=O)C(NC(=O)C(F)(F)C(F)(F)C(F)(F)F)C(C)C. The van der Waals surface area contributed by atoms with Crippen molar-refractivity contribution in [2.24, 2.45) is 5.92 Å². The Hall–Kier alpha value is -1.55. The lowest BCUT2D eigenvalue weighted by Gasteiger charge is -2.29. The molecule has 0 aromatic rings. The third kappa shape index (κ3) is 13.5. The Morgan fingerprint density at radius 3 is 1.37 bits per heavy atom. The van der Waals surface area contributed by atoms with E-state index in [1.54, 1.807) is 0 Å². The van der Waals surface area contributed by atoms with Crippen molar-refractivity contribution >= 4 is 11.9 Å². The van der Waals surface area contributed by atoms with Crippen molar-refractivity contribution in [2.45, 2.75) is 148 Å². The van der Waals surface area contributed by atoms with Gasteiger partial charge in [-0.2, -0.15) is 30.7 Å². The van der Waals surface area contributed by atoms with Crippen LogP contribution in [0, 0.1) is 5.92 Å². The number of carbonyl (C=O) groups excluding carboxylic acids is 2. The van der Waals surface area contributed by atoms with Crippen molar-refractivity contribution in [3.8, 4) is 0 Å². The fraction of sp³-hybridized carbons (Fsp3) is 0.926. The second-order valence-electron chi connectivity index (χ2n) is 10.3. The average molecular weight is 566 g/mol. The van der Waals surface area contributed by atoms with Gasteiger partial charge in [-0.05, 0) is 12.3 Å². The van der Waals surface area contributed by atoms with E-state index in [-0.39, 0.29) is 6.61 Å². The Morgan fingerprint density at radius 2 is 1.03 bits per heavy atom. The normalized spacial score (nSPS) is 13.6. The molecule has 226 valence electrons. The minimum atomic E-state index is -6.64. The van der Waals surface area contributed by atoms with Crippen molar-refractivity contribution in [3.05, 3.63) is 0 Å². The van der Waals surface area contributed by atoms with Gasteiger partial charge in [-0.15, -0.1) is 0 Å². The predicted molar refractivity (Wildman–Crippen MR) is 133 cm³/mol. The van der Waals surface area contributed by atoms with E-state index in [0.717, 1.165) is 25.7 Å². The molecule has 4 nitrogen and oxygen atoms in total. The summed E-state index contributed by atoms with van der Waals surface area (Å²) in [5.41, 5.74) is 0. The molecule has 0 radical (unpaired) electrons. The lowest BCUT2D eigenvalue weighted by molar-refractivity contribution is -0.344. The number of amides is 1. The summed E-state index contributed by atoms with van der Waals surface area (Å²) in [6.45, 7) is 4.75. The van der Waals surface area contributed by atoms with Gasteiger partial charge in [0.1, 0.15) is 6.04 Å². The zero-order chi connectivity index (χ0) is 29.2. The van der Waals surface area contributed by atoms with Crippen LogP contribution in [0.1, 0.15) is 124 Å². The lowest BCUT2D eigenvalue weighted by Crippen LogP contribution is -2.62. The van der Waals surface area contributed by atoms with E-state index in [1.165, 1.54) is 89.8 Å². The summed E-state index contributed by atoms with van der Waals surface area (Å²) in [4.78, 5) is 23.7. The molecule has 1 amide bonds. The molecule has 1 unspecified atom stereocenters. The maximum absolute atomic E-state index is 13.6. The molecule has 0 saturated carbocycles. The number of alkyl halides is 7. The molecular formula is C27H46F7NO3. The number of esters is 1. The van der Waals surface area contributed by atoms with E-state index in [0.29, 0.717) is 6.42 Å². The number of hydrogen-bond acceptors (Lipinski definition) is 3. The van der Waals surface area contributed by atoms with Crippen LogP contribution in [0.5, 0.6) is 0 Å². The standard InChI is InChI=1S/C27H46F7NO3/c1-4-5-6-7-8-9-10-11-12-13-14-15-16-17-18-19-20-38-23(36)22(21(2)3)35-24(37)25(28,29)26(30,31)27(32,33)34/h21-22H,4-20H2,1-3H3,(H,35,37). The van der Waals surface area contributed by atoms with Crippen molar-refractivity contribution in [2.75, 3.05) is 6.61 Å². The van der Waals surface area contributed by atoms with Crippen LogP contribution >= 0.6 is 0 Å². The highest BCUT2D eigenvalue weighted by molar-refractivity contribution is 5.89. The van der Waals surface area contributed by atoms with Crippen molar-refractivity contribution in [3.63, 3.8) is 0 Å². The highest BCUT2D eigenvalue weighted by Gasteiger charge is 2.76. The molecule has 0 aliphatic rings. The molecule has 0 aromatic carbocycles. The summed E-state index contributed by atoms with van der Waals surface area (Å²) in [6, 6.07) is -1.79. The summed E-state index contributed by atoms with van der Waals surface area (Å²) in [5, 5.41) is 1.30. The first-order valence-corrected chi connectivity index (χ1v) is 14.0. The van der Waals surface area contributed by atoms with Crippen molar-refractivity contribution < 1.29 is 45.1 Å². The second-order valence-corrected chi connectivity index (χ2v) is 10.3. The molecular weight excluding hydrogens is 519 g/mol. The Kier molecular flexibility index (Phi) is 17.9. The van der Waals surface area contributed by atoms with E-state index in [1.807, 2.05) is 0 Å². The number of carbonyl (C=O) groups is 2. The number of halogens is 7. The summed E-state index contributed by atoms with van der Waals surface area (Å²) >= 11 is 0. The zero-order valence-corrected chi connectivity index (χ0v) is 23.0. The monoisotopic (exact) mass is 565 g/mol. The van der Waals surface area contributed by atoms with E-state index >= 15 is 0 Å². The molecule has 1 N–H and O–H groups in total. The second kappa shape index (κ2) is 18.7. The number of nitrogens with one attached hydrogen (secondary N) is 1. The summed E-state index contributed by atoms with van der Waals surface area (Å²) in [7, 11) is 0. The molecule has 0 heterocycles. The molecule has 0 aliphatic heterocycles. The topological polar surface area (TPSA) is 55.4 Å². The molecule has 1 atom stereocenters. The Morgan fingerprint density at radius 1 is 0.658 bits per heavy atom. The molecule has 0 bridgehead atoms. The van der Waals surface area contributed by atoms with Gasteiger partial charge in [0, 0.05) is 0 Å². The zero-order valence-electron chi connectivity index (χ0n) is 23.0. The van der Waals surface area contributed by atoms with Crippen LogP contribution in [0.2, 0.25) is 0 Å². The molecule has 0 saturated heterocycles. The van der Waals surface area contributed by atoms with Crippen LogP contribution in [0.3, 0.4) is 0 Å². The molecule has 38 heavy (non-hydrogen) atoms. The third-order valence-corrected chi connectivity index (χ3v) is 6.48. The number of rotatable bonds is 22. The van der Waals surface area contributed by atoms with E-state index in [4.69, 9.17) is 4.74 Å². The summed E-state index contributed by atoms with van der Waals surface area (Å²) in [6.07, 6.45) is 11.8. The maximum atomic E-state index is 13.6. The van der Waals surface area contributed by atoms with Gasteiger partial charge < -0.3 is 10.1 Å². The molecule has 0 rings (SSSR count). The minimum absolute atomic E-state index is 0.0779. The van der Waals surface area contributed by atoms with Gasteiger partial charge in [0.05, 0.1) is 6.61 Å². The first-order valence-electron chi connectivity index (χ1n) is 14.0. The van der Waals surface area contributed by atoms with Crippen LogP contribution in [0.15, 0.2) is 0 Å². The average Bonchev–Trinajstić information content (AvgIpc) is 2.82. The first-order chi connectivity index (χ1) is 17.7. The van der Waals surface area contributed by atoms with Crippen LogP contribution in [0.4, 0.5) is 30.7 Å². The fourth-order valence-corrected chi connectivity index (χ4v) is 3.96. The van der Waals surface area contributed by atoms with Gasteiger partial charge in [-0.3, -0.25) is 4.79 Å². The van der Waals surface area contributed by atoms with Crippen LogP contribution in [0.25, 0.3) is 0 Å². The summed E-state index contributed by atoms with van der Waals surface area (Å²) < 4.78 is 95.1. The van der Waals surface area contributed by atoms with Crippen molar-refractivity contribution in [1.29, 1.82) is 0 Å².